The molecule has 9 heteroatoms. The zero-order valence-electron chi connectivity index (χ0n) is 16.9. The molecule has 0 unspecified atom stereocenters. The van der Waals surface area contributed by atoms with Crippen molar-refractivity contribution in [2.45, 2.75) is 19.0 Å². The number of H-pyrrole nitrogens is 1. The second kappa shape index (κ2) is 11.8. The number of aromatic nitrogens is 1. The van der Waals surface area contributed by atoms with E-state index in [9.17, 15) is 9.59 Å². The summed E-state index contributed by atoms with van der Waals surface area (Å²) in [5.41, 5.74) is 1.45. The number of methoxy groups -OCH3 is 2. The largest absolute Gasteiger partial charge is 0.467 e. The van der Waals surface area contributed by atoms with Gasteiger partial charge in [-0.2, -0.15) is 11.8 Å². The zero-order valence-corrected chi connectivity index (χ0v) is 18.5. The van der Waals surface area contributed by atoms with Gasteiger partial charge in [0, 0.05) is 37.2 Å². The first-order valence-electron chi connectivity index (χ1n) is 9.22. The van der Waals surface area contributed by atoms with E-state index in [1.54, 1.807) is 24.9 Å². The summed E-state index contributed by atoms with van der Waals surface area (Å²) in [6.45, 7) is 1.38. The predicted octanol–water partition coefficient (Wildman–Crippen LogP) is 2.15. The van der Waals surface area contributed by atoms with Gasteiger partial charge in [0.25, 0.3) is 0 Å². The monoisotopic (exact) mass is 437 g/mol. The number of benzene rings is 1. The lowest BCUT2D eigenvalue weighted by molar-refractivity contribution is -0.142. The highest BCUT2D eigenvalue weighted by Gasteiger charge is 2.22. The highest BCUT2D eigenvalue weighted by Crippen LogP contribution is 2.17. The van der Waals surface area contributed by atoms with Crippen LogP contribution in [0.1, 0.15) is 12.0 Å². The van der Waals surface area contributed by atoms with Gasteiger partial charge < -0.3 is 24.7 Å². The molecule has 2 rings (SSSR count). The van der Waals surface area contributed by atoms with Gasteiger partial charge in [-0.15, -0.1) is 0 Å². The number of aromatic amines is 1. The Morgan fingerprint density at radius 1 is 1.34 bits per heavy atom. The van der Waals surface area contributed by atoms with Gasteiger partial charge >= 0.3 is 5.97 Å². The van der Waals surface area contributed by atoms with Crippen molar-refractivity contribution in [3.8, 4) is 0 Å². The molecule has 2 aromatic rings. The van der Waals surface area contributed by atoms with Gasteiger partial charge in [-0.1, -0.05) is 18.2 Å². The van der Waals surface area contributed by atoms with E-state index >= 15 is 0 Å². The number of fused-ring (bicyclic) bond motifs is 1. The Hall–Kier alpha value is -2.10. The van der Waals surface area contributed by atoms with Crippen molar-refractivity contribution in [1.82, 2.24) is 15.2 Å². The van der Waals surface area contributed by atoms with E-state index < -0.39 is 6.04 Å². The summed E-state index contributed by atoms with van der Waals surface area (Å²) in [6.07, 6.45) is 2.58. The second-order valence-corrected chi connectivity index (χ2v) is 7.80. The van der Waals surface area contributed by atoms with Crippen molar-refractivity contribution in [1.29, 1.82) is 0 Å². The second-order valence-electron chi connectivity index (χ2n) is 6.43. The molecule has 0 aliphatic heterocycles. The van der Waals surface area contributed by atoms with Crippen LogP contribution in [0.15, 0.2) is 35.1 Å². The van der Waals surface area contributed by atoms with Gasteiger partial charge in [-0.3, -0.25) is 4.79 Å². The molecule has 29 heavy (non-hydrogen) atoms. The number of hydrogen-bond acceptors (Lipinski definition) is 6. The zero-order chi connectivity index (χ0) is 21.2. The van der Waals surface area contributed by atoms with Crippen LogP contribution in [-0.4, -0.2) is 66.4 Å². The molecular formula is C20H27N3O4S2. The van der Waals surface area contributed by atoms with Crippen LogP contribution in [0.5, 0.6) is 0 Å². The van der Waals surface area contributed by atoms with E-state index in [0.717, 1.165) is 22.2 Å². The average molecular weight is 438 g/mol. The molecule has 1 aromatic carbocycles. The van der Waals surface area contributed by atoms with Crippen molar-refractivity contribution in [3.05, 3.63) is 46.2 Å². The number of hydrogen-bond donors (Lipinski definition) is 2. The van der Waals surface area contributed by atoms with Gasteiger partial charge in [0.2, 0.25) is 5.56 Å². The van der Waals surface area contributed by atoms with Crippen LogP contribution >= 0.6 is 24.0 Å². The maximum Gasteiger partial charge on any atom is 0.328 e. The number of nitrogens with zero attached hydrogens (tertiary/aromatic N) is 1. The SMILES string of the molecule is COCCN(Cc1cc(=O)[nH]c2ccccc12)C(=S)N[C@@H](CCSC)C(=O)OC. The number of carbonyl (C=O) groups excluding carboxylic acids is 1. The van der Waals surface area contributed by atoms with Gasteiger partial charge in [0.15, 0.2) is 5.11 Å². The third-order valence-corrected chi connectivity index (χ3v) is 5.46. The third kappa shape index (κ3) is 6.73. The van der Waals surface area contributed by atoms with E-state index in [2.05, 4.69) is 10.3 Å². The molecule has 0 saturated carbocycles. The topological polar surface area (TPSA) is 83.7 Å². The number of nitrogens with one attached hydrogen (secondary N) is 2. The summed E-state index contributed by atoms with van der Waals surface area (Å²) >= 11 is 7.25. The first-order valence-corrected chi connectivity index (χ1v) is 11.0. The smallest absolute Gasteiger partial charge is 0.328 e. The van der Waals surface area contributed by atoms with Gasteiger partial charge in [0.1, 0.15) is 6.04 Å². The third-order valence-electron chi connectivity index (χ3n) is 4.44. The summed E-state index contributed by atoms with van der Waals surface area (Å²) < 4.78 is 10.1. The molecule has 0 aliphatic rings. The number of carbonyl (C=O) groups is 1. The lowest BCUT2D eigenvalue weighted by Crippen LogP contribution is -2.49. The van der Waals surface area contributed by atoms with Crippen molar-refractivity contribution >= 4 is 46.0 Å². The number of rotatable bonds is 10. The van der Waals surface area contributed by atoms with Crippen LogP contribution in [-0.2, 0) is 20.8 Å². The molecule has 0 fully saturated rings. The molecule has 7 nitrogen and oxygen atoms in total. The minimum absolute atomic E-state index is 0.170. The van der Waals surface area contributed by atoms with Gasteiger partial charge in [-0.25, -0.2) is 4.79 Å². The summed E-state index contributed by atoms with van der Waals surface area (Å²) in [4.78, 5) is 28.9. The molecule has 1 heterocycles. The number of ether oxygens (including phenoxy) is 2. The van der Waals surface area contributed by atoms with E-state index in [0.29, 0.717) is 31.2 Å². The Balaban J connectivity index is 2.25. The molecule has 0 radical (unpaired) electrons. The number of thioether (sulfide) groups is 1. The van der Waals surface area contributed by atoms with Crippen LogP contribution < -0.4 is 10.9 Å². The van der Waals surface area contributed by atoms with Crippen LogP contribution in [0.2, 0.25) is 0 Å². The maximum absolute atomic E-state index is 12.1. The Labute approximate surface area is 180 Å². The standard InChI is InChI=1S/C20H27N3O4S2/c1-26-10-9-23(20(28)22-17(8-11-29-3)19(25)27-2)13-14-12-18(24)21-16-7-5-4-6-15(14)16/h4-7,12,17H,8-11,13H2,1-3H3,(H,21,24)(H,22,28)/t17-/m0/s1. The fourth-order valence-electron chi connectivity index (χ4n) is 2.93. The maximum atomic E-state index is 12.1. The first kappa shape index (κ1) is 23.2. The van der Waals surface area contributed by atoms with Crippen LogP contribution in [0.3, 0.4) is 0 Å². The Kier molecular flexibility index (Phi) is 9.43. The molecule has 0 bridgehead atoms. The Morgan fingerprint density at radius 3 is 2.79 bits per heavy atom. The highest BCUT2D eigenvalue weighted by atomic mass is 32.2. The average Bonchev–Trinajstić information content (AvgIpc) is 2.72. The van der Waals surface area contributed by atoms with E-state index in [-0.39, 0.29) is 11.5 Å². The van der Waals surface area contributed by atoms with E-state index in [4.69, 9.17) is 21.7 Å². The number of thiocarbonyl (C=S) groups is 1. The summed E-state index contributed by atoms with van der Waals surface area (Å²) in [5, 5.41) is 4.49. The highest BCUT2D eigenvalue weighted by molar-refractivity contribution is 7.98. The molecule has 0 aliphatic carbocycles. The fraction of sp³-hybridized carbons (Fsp3) is 0.450. The normalized spacial score (nSPS) is 11.8. The molecule has 0 spiro atoms. The summed E-state index contributed by atoms with van der Waals surface area (Å²) in [6, 6.07) is 8.68. The predicted molar refractivity (Wildman–Crippen MR) is 121 cm³/mol. The Morgan fingerprint density at radius 2 is 2.10 bits per heavy atom. The lowest BCUT2D eigenvalue weighted by Gasteiger charge is -2.28. The van der Waals surface area contributed by atoms with Crippen molar-refractivity contribution < 1.29 is 14.3 Å². The van der Waals surface area contributed by atoms with Gasteiger partial charge in [-0.05, 0) is 42.3 Å². The lowest BCUT2D eigenvalue weighted by atomic mass is 10.1. The molecule has 1 atom stereocenters. The first-order chi connectivity index (χ1) is 14.0. The molecule has 0 amide bonds. The minimum Gasteiger partial charge on any atom is -0.467 e. The molecule has 0 saturated heterocycles. The van der Waals surface area contributed by atoms with Crippen molar-refractivity contribution in [3.63, 3.8) is 0 Å². The molecule has 1 aromatic heterocycles. The van der Waals surface area contributed by atoms with Gasteiger partial charge in [0.05, 0.1) is 13.7 Å². The molecular weight excluding hydrogens is 410 g/mol. The fourth-order valence-corrected chi connectivity index (χ4v) is 3.70. The van der Waals surface area contributed by atoms with Crippen molar-refractivity contribution in [2.75, 3.05) is 39.4 Å². The number of pyridine rings is 1. The van der Waals surface area contributed by atoms with E-state index in [1.165, 1.54) is 7.11 Å². The van der Waals surface area contributed by atoms with Crippen LogP contribution in [0.25, 0.3) is 10.9 Å². The Bertz CT molecular complexity index is 887. The summed E-state index contributed by atoms with van der Waals surface area (Å²) in [5.74, 6) is 0.446. The number of esters is 1. The quantitative estimate of drug-likeness (QED) is 0.432. The molecule has 158 valence electrons. The van der Waals surface area contributed by atoms with Crippen LogP contribution in [0.4, 0.5) is 0 Å². The minimum atomic E-state index is -0.527. The van der Waals surface area contributed by atoms with E-state index in [1.807, 2.05) is 35.4 Å². The van der Waals surface area contributed by atoms with Crippen LogP contribution in [0, 0.1) is 0 Å². The molecule has 2 N–H and O–H groups in total. The number of para-hydroxylation sites is 1. The summed E-state index contributed by atoms with van der Waals surface area (Å²) in [7, 11) is 2.98. The van der Waals surface area contributed by atoms with Crippen molar-refractivity contribution in [2.24, 2.45) is 0 Å².